The summed E-state index contributed by atoms with van der Waals surface area (Å²) in [6.07, 6.45) is 1.68. The number of carbonyl (C=O) groups excluding carboxylic acids is 2. The molecule has 94 valence electrons. The molecule has 2 aliphatic heterocycles. The Morgan fingerprint density at radius 2 is 2.29 bits per heavy atom. The highest BCUT2D eigenvalue weighted by atomic mass is 16.2. The first-order valence-electron chi connectivity index (χ1n) is 5.98. The molecule has 2 amide bonds. The monoisotopic (exact) mass is 238 g/mol. The van der Waals surface area contributed by atoms with Crippen LogP contribution in [0.3, 0.4) is 0 Å². The number of nitrogens with zero attached hydrogens (tertiary/aromatic N) is 2. The van der Waals surface area contributed by atoms with Crippen molar-refractivity contribution in [2.45, 2.75) is 32.2 Å². The first-order chi connectivity index (χ1) is 8.08. The van der Waals surface area contributed by atoms with Gasteiger partial charge in [0.15, 0.2) is 0 Å². The number of hydrazone groups is 1. The maximum absolute atomic E-state index is 12.1. The summed E-state index contributed by atoms with van der Waals surface area (Å²) >= 11 is 0. The zero-order valence-corrected chi connectivity index (χ0v) is 9.98. The second-order valence-corrected chi connectivity index (χ2v) is 4.77. The van der Waals surface area contributed by atoms with Gasteiger partial charge in [-0.1, -0.05) is 6.92 Å². The van der Waals surface area contributed by atoms with Crippen molar-refractivity contribution < 1.29 is 9.59 Å². The zero-order chi connectivity index (χ0) is 12.4. The molecule has 0 radical (unpaired) electrons. The molecular formula is C11H18N4O2. The fourth-order valence-electron chi connectivity index (χ4n) is 2.09. The molecule has 0 aliphatic carbocycles. The van der Waals surface area contributed by atoms with E-state index >= 15 is 0 Å². The van der Waals surface area contributed by atoms with E-state index in [4.69, 9.17) is 5.73 Å². The average molecular weight is 238 g/mol. The maximum Gasteiger partial charge on any atom is 0.270 e. The summed E-state index contributed by atoms with van der Waals surface area (Å²) in [5.41, 5.74) is 8.73. The lowest BCUT2D eigenvalue weighted by atomic mass is 9.94. The predicted molar refractivity (Wildman–Crippen MR) is 63.1 cm³/mol. The molecule has 2 rings (SSSR count). The normalized spacial score (nSPS) is 29.6. The van der Waals surface area contributed by atoms with Crippen molar-refractivity contribution in [3.8, 4) is 0 Å². The topological polar surface area (TPSA) is 87.8 Å². The van der Waals surface area contributed by atoms with Gasteiger partial charge in [-0.05, 0) is 12.3 Å². The van der Waals surface area contributed by atoms with Crippen molar-refractivity contribution in [2.24, 2.45) is 16.8 Å². The molecule has 0 spiro atoms. The van der Waals surface area contributed by atoms with E-state index in [0.717, 1.165) is 13.0 Å². The average Bonchev–Trinajstić information content (AvgIpc) is 2.33. The Morgan fingerprint density at radius 1 is 1.53 bits per heavy atom. The van der Waals surface area contributed by atoms with Crippen LogP contribution in [0.1, 0.15) is 26.2 Å². The standard InChI is InChI=1S/C11H18N4O2/c1-7-4-5-15(6-8(7)12)11(17)9-2-3-10(16)14-13-9/h7-8H,2-6,12H2,1H3,(H,14,16). The van der Waals surface area contributed by atoms with Gasteiger partial charge in [0, 0.05) is 32.0 Å². The molecule has 6 heteroatoms. The second-order valence-electron chi connectivity index (χ2n) is 4.77. The van der Waals surface area contributed by atoms with E-state index in [1.54, 1.807) is 4.90 Å². The molecular weight excluding hydrogens is 220 g/mol. The van der Waals surface area contributed by atoms with Gasteiger partial charge in [0.05, 0.1) is 0 Å². The first-order valence-corrected chi connectivity index (χ1v) is 5.98. The molecule has 2 atom stereocenters. The van der Waals surface area contributed by atoms with E-state index in [-0.39, 0.29) is 17.9 Å². The Hall–Kier alpha value is -1.43. The summed E-state index contributed by atoms with van der Waals surface area (Å²) in [4.78, 5) is 24.8. The number of amides is 2. The van der Waals surface area contributed by atoms with Crippen LogP contribution in [-0.2, 0) is 9.59 Å². The van der Waals surface area contributed by atoms with Gasteiger partial charge in [-0.25, -0.2) is 5.43 Å². The number of piperidine rings is 1. The van der Waals surface area contributed by atoms with Crippen LogP contribution in [-0.4, -0.2) is 41.6 Å². The molecule has 0 aromatic heterocycles. The van der Waals surface area contributed by atoms with Crippen LogP contribution >= 0.6 is 0 Å². The number of hydrogen-bond donors (Lipinski definition) is 2. The minimum Gasteiger partial charge on any atom is -0.336 e. The van der Waals surface area contributed by atoms with Crippen molar-refractivity contribution in [3.05, 3.63) is 0 Å². The van der Waals surface area contributed by atoms with Gasteiger partial charge in [0.1, 0.15) is 5.71 Å². The van der Waals surface area contributed by atoms with Gasteiger partial charge in [-0.3, -0.25) is 9.59 Å². The quantitative estimate of drug-likeness (QED) is 0.642. The Balaban J connectivity index is 1.98. The van der Waals surface area contributed by atoms with Gasteiger partial charge >= 0.3 is 0 Å². The lowest BCUT2D eigenvalue weighted by Gasteiger charge is -2.35. The van der Waals surface area contributed by atoms with Gasteiger partial charge in [0.25, 0.3) is 5.91 Å². The van der Waals surface area contributed by atoms with E-state index in [0.29, 0.717) is 31.0 Å². The van der Waals surface area contributed by atoms with Crippen LogP contribution in [0.5, 0.6) is 0 Å². The van der Waals surface area contributed by atoms with Crippen molar-refractivity contribution in [1.82, 2.24) is 10.3 Å². The highest BCUT2D eigenvalue weighted by Crippen LogP contribution is 2.16. The Labute approximate surface area is 100 Å². The van der Waals surface area contributed by atoms with E-state index in [1.165, 1.54) is 0 Å². The van der Waals surface area contributed by atoms with Crippen LogP contribution in [0.25, 0.3) is 0 Å². The molecule has 6 nitrogen and oxygen atoms in total. The summed E-state index contributed by atoms with van der Waals surface area (Å²) in [6.45, 7) is 3.40. The molecule has 0 aromatic carbocycles. The lowest BCUT2D eigenvalue weighted by molar-refractivity contribution is -0.126. The van der Waals surface area contributed by atoms with Crippen LogP contribution in [0.2, 0.25) is 0 Å². The fourth-order valence-corrected chi connectivity index (χ4v) is 2.09. The van der Waals surface area contributed by atoms with Crippen molar-refractivity contribution in [3.63, 3.8) is 0 Å². The minimum atomic E-state index is -0.134. The molecule has 17 heavy (non-hydrogen) atoms. The molecule has 1 saturated heterocycles. The fraction of sp³-hybridized carbons (Fsp3) is 0.727. The summed E-state index contributed by atoms with van der Waals surface area (Å²) < 4.78 is 0. The number of rotatable bonds is 1. The molecule has 0 bridgehead atoms. The first kappa shape index (κ1) is 12.0. The van der Waals surface area contributed by atoms with Crippen molar-refractivity contribution in [2.75, 3.05) is 13.1 Å². The third-order valence-electron chi connectivity index (χ3n) is 3.45. The molecule has 1 fully saturated rings. The van der Waals surface area contributed by atoms with Gasteiger partial charge in [0.2, 0.25) is 5.91 Å². The van der Waals surface area contributed by atoms with Crippen LogP contribution in [0, 0.1) is 5.92 Å². The van der Waals surface area contributed by atoms with Crippen LogP contribution < -0.4 is 11.2 Å². The van der Waals surface area contributed by atoms with Crippen LogP contribution in [0.15, 0.2) is 5.10 Å². The third-order valence-corrected chi connectivity index (χ3v) is 3.45. The maximum atomic E-state index is 12.1. The highest BCUT2D eigenvalue weighted by molar-refractivity contribution is 6.39. The number of carbonyl (C=O) groups is 2. The third kappa shape index (κ3) is 2.63. The van der Waals surface area contributed by atoms with Crippen molar-refractivity contribution in [1.29, 1.82) is 0 Å². The predicted octanol–water partition coefficient (Wildman–Crippen LogP) is -0.552. The zero-order valence-electron chi connectivity index (χ0n) is 9.98. The van der Waals surface area contributed by atoms with Gasteiger partial charge in [-0.2, -0.15) is 5.10 Å². The minimum absolute atomic E-state index is 0.0338. The Morgan fingerprint density at radius 3 is 2.88 bits per heavy atom. The molecule has 3 N–H and O–H groups in total. The number of nitrogens with two attached hydrogens (primary N) is 1. The van der Waals surface area contributed by atoms with E-state index in [9.17, 15) is 9.59 Å². The largest absolute Gasteiger partial charge is 0.336 e. The summed E-state index contributed by atoms with van der Waals surface area (Å²) in [5.74, 6) is 0.227. The smallest absolute Gasteiger partial charge is 0.270 e. The summed E-state index contributed by atoms with van der Waals surface area (Å²) in [7, 11) is 0. The van der Waals surface area contributed by atoms with Gasteiger partial charge in [-0.15, -0.1) is 0 Å². The van der Waals surface area contributed by atoms with Crippen LogP contribution in [0.4, 0.5) is 0 Å². The highest BCUT2D eigenvalue weighted by Gasteiger charge is 2.29. The molecule has 0 saturated carbocycles. The molecule has 2 aliphatic rings. The van der Waals surface area contributed by atoms with Gasteiger partial charge < -0.3 is 10.6 Å². The Kier molecular flexibility index (Phi) is 3.42. The van der Waals surface area contributed by atoms with Crippen molar-refractivity contribution >= 4 is 17.5 Å². The summed E-state index contributed by atoms with van der Waals surface area (Å²) in [5, 5.41) is 3.81. The molecule has 0 aromatic rings. The number of likely N-dealkylation sites (tertiary alicyclic amines) is 1. The molecule has 2 heterocycles. The lowest BCUT2D eigenvalue weighted by Crippen LogP contribution is -2.52. The summed E-state index contributed by atoms with van der Waals surface area (Å²) in [6, 6.07) is 0.0338. The van der Waals surface area contributed by atoms with E-state index < -0.39 is 0 Å². The number of hydrogen-bond acceptors (Lipinski definition) is 4. The second kappa shape index (κ2) is 4.83. The van der Waals surface area contributed by atoms with E-state index in [1.807, 2.05) is 0 Å². The SMILES string of the molecule is CC1CCN(C(=O)C2=NNC(=O)CC2)CC1N. The number of nitrogens with one attached hydrogen (secondary N) is 1. The molecule has 2 unspecified atom stereocenters. The Bertz CT molecular complexity index is 366. The van der Waals surface area contributed by atoms with E-state index in [2.05, 4.69) is 17.5 Å².